The van der Waals surface area contributed by atoms with Crippen LogP contribution in [0, 0.1) is 17.8 Å². The third-order valence-corrected chi connectivity index (χ3v) is 9.07. The van der Waals surface area contributed by atoms with Crippen LogP contribution in [0.1, 0.15) is 107 Å². The fourth-order valence-corrected chi connectivity index (χ4v) is 6.80. The van der Waals surface area contributed by atoms with E-state index in [0.29, 0.717) is 6.42 Å². The van der Waals surface area contributed by atoms with Gasteiger partial charge in [0.15, 0.2) is 0 Å². The number of hydrogen-bond donors (Lipinski definition) is 0. The smallest absolute Gasteiger partial charge is 0.0894 e. The molecule has 0 N–H and O–H groups in total. The summed E-state index contributed by atoms with van der Waals surface area (Å²) in [5, 5.41) is 0. The molecule has 0 radical (unpaired) electrons. The summed E-state index contributed by atoms with van der Waals surface area (Å²) >= 11 is 0. The summed E-state index contributed by atoms with van der Waals surface area (Å²) in [6.07, 6.45) is 22.8. The lowest BCUT2D eigenvalue weighted by atomic mass is 9.68. The summed E-state index contributed by atoms with van der Waals surface area (Å²) in [5.74, 6) is 3.74. The Bertz CT molecular complexity index is 862. The van der Waals surface area contributed by atoms with E-state index in [4.69, 9.17) is 0 Å². The molecule has 0 atom stereocenters. The monoisotopic (exact) mass is 474 g/mol. The van der Waals surface area contributed by atoms with Gasteiger partial charge in [-0.15, -0.1) is 0 Å². The van der Waals surface area contributed by atoms with E-state index in [9.17, 15) is 4.39 Å². The number of aryl methyl sites for hydroxylation is 1. The molecule has 0 aromatic heterocycles. The average Bonchev–Trinajstić information content (AvgIpc) is 2.92. The van der Waals surface area contributed by atoms with Gasteiger partial charge in [0.2, 0.25) is 0 Å². The number of halogens is 1. The van der Waals surface area contributed by atoms with Crippen LogP contribution in [-0.4, -0.2) is 6.67 Å². The fourth-order valence-electron chi connectivity index (χ4n) is 6.80. The molecule has 2 fully saturated rings. The zero-order chi connectivity index (χ0) is 24.3. The van der Waals surface area contributed by atoms with Crippen LogP contribution < -0.4 is 0 Å². The van der Waals surface area contributed by atoms with Crippen molar-refractivity contribution in [3.8, 4) is 11.1 Å². The molecule has 0 heterocycles. The van der Waals surface area contributed by atoms with Crippen molar-refractivity contribution in [1.82, 2.24) is 0 Å². The van der Waals surface area contributed by atoms with Gasteiger partial charge in [0.05, 0.1) is 6.67 Å². The Morgan fingerprint density at radius 2 is 1.31 bits per heavy atom. The Morgan fingerprint density at radius 1 is 0.714 bits per heavy atom. The summed E-state index contributed by atoms with van der Waals surface area (Å²) < 4.78 is 12.3. The quantitative estimate of drug-likeness (QED) is 0.224. The maximum atomic E-state index is 12.3. The van der Waals surface area contributed by atoms with Crippen LogP contribution in [0.25, 0.3) is 11.1 Å². The number of unbranched alkanes of at least 4 members (excludes halogenated alkanes) is 2. The van der Waals surface area contributed by atoms with Gasteiger partial charge in [0, 0.05) is 0 Å². The van der Waals surface area contributed by atoms with Gasteiger partial charge in [-0.25, -0.2) is 0 Å². The van der Waals surface area contributed by atoms with E-state index in [2.05, 4.69) is 67.6 Å². The highest BCUT2D eigenvalue weighted by molar-refractivity contribution is 5.64. The molecule has 2 aromatic carbocycles. The zero-order valence-corrected chi connectivity index (χ0v) is 22.1. The summed E-state index contributed by atoms with van der Waals surface area (Å²) in [6.45, 7) is 1.93. The lowest BCUT2D eigenvalue weighted by Gasteiger charge is -2.38. The summed E-state index contributed by atoms with van der Waals surface area (Å²) in [6, 6.07) is 18.3. The number of benzene rings is 2. The van der Waals surface area contributed by atoms with E-state index >= 15 is 0 Å². The molecule has 2 aromatic rings. The molecule has 35 heavy (non-hydrogen) atoms. The minimum absolute atomic E-state index is 0.204. The van der Waals surface area contributed by atoms with Crippen molar-refractivity contribution < 1.29 is 4.39 Å². The summed E-state index contributed by atoms with van der Waals surface area (Å²) in [7, 11) is 0. The lowest BCUT2D eigenvalue weighted by Crippen LogP contribution is -2.25. The Morgan fingerprint density at radius 3 is 1.91 bits per heavy atom. The molecule has 2 aliphatic rings. The Balaban J connectivity index is 1.21. The number of allylic oxidation sites excluding steroid dienone is 2. The van der Waals surface area contributed by atoms with E-state index in [1.807, 2.05) is 0 Å². The molecule has 0 aliphatic heterocycles. The second-order valence-electron chi connectivity index (χ2n) is 11.4. The van der Waals surface area contributed by atoms with Gasteiger partial charge >= 0.3 is 0 Å². The van der Waals surface area contributed by atoms with E-state index in [1.165, 1.54) is 87.3 Å². The van der Waals surface area contributed by atoms with Crippen molar-refractivity contribution in [2.45, 2.75) is 103 Å². The molecule has 0 amide bonds. The highest BCUT2D eigenvalue weighted by Crippen LogP contribution is 2.44. The van der Waals surface area contributed by atoms with Crippen LogP contribution in [0.5, 0.6) is 0 Å². The van der Waals surface area contributed by atoms with E-state index in [1.54, 1.807) is 5.56 Å². The lowest BCUT2D eigenvalue weighted by molar-refractivity contribution is 0.156. The molecule has 2 saturated carbocycles. The van der Waals surface area contributed by atoms with Crippen LogP contribution in [0.15, 0.2) is 60.7 Å². The fraction of sp³-hybridized carbons (Fsp3) is 0.588. The molecule has 2 aliphatic carbocycles. The van der Waals surface area contributed by atoms with E-state index < -0.39 is 0 Å². The molecular formula is C34H47F. The predicted molar refractivity (Wildman–Crippen MR) is 150 cm³/mol. The largest absolute Gasteiger partial charge is 0.251 e. The summed E-state index contributed by atoms with van der Waals surface area (Å²) in [4.78, 5) is 0. The van der Waals surface area contributed by atoms with Crippen LogP contribution in [0.3, 0.4) is 0 Å². The third-order valence-electron chi connectivity index (χ3n) is 9.07. The van der Waals surface area contributed by atoms with Crippen LogP contribution in [0.2, 0.25) is 0 Å². The van der Waals surface area contributed by atoms with Crippen molar-refractivity contribution >= 4 is 0 Å². The summed E-state index contributed by atoms with van der Waals surface area (Å²) in [5.41, 5.74) is 5.44. The number of alkyl halides is 1. The van der Waals surface area contributed by atoms with E-state index in [-0.39, 0.29) is 6.67 Å². The second-order valence-corrected chi connectivity index (χ2v) is 11.4. The van der Waals surface area contributed by atoms with Gasteiger partial charge in [-0.1, -0.05) is 79.9 Å². The molecule has 0 unspecified atom stereocenters. The molecule has 0 spiro atoms. The predicted octanol–water partition coefficient (Wildman–Crippen LogP) is 10.5. The molecular weight excluding hydrogens is 427 g/mol. The van der Waals surface area contributed by atoms with Gasteiger partial charge < -0.3 is 0 Å². The van der Waals surface area contributed by atoms with Gasteiger partial charge in [-0.3, -0.25) is 4.39 Å². The maximum Gasteiger partial charge on any atom is 0.0894 e. The first-order valence-electron chi connectivity index (χ1n) is 14.6. The SMILES string of the molecule is C/C=C/CCC[C@H]1CC[C@H](C2CCC(c3ccc(-c4ccc(CCCCF)cc4)cc3)CC2)CC1. The van der Waals surface area contributed by atoms with Crippen molar-refractivity contribution in [2.24, 2.45) is 17.8 Å². The first-order chi connectivity index (χ1) is 17.3. The second kappa shape index (κ2) is 14.0. The first-order valence-corrected chi connectivity index (χ1v) is 14.6. The van der Waals surface area contributed by atoms with Crippen molar-refractivity contribution in [1.29, 1.82) is 0 Å². The minimum atomic E-state index is -0.204. The van der Waals surface area contributed by atoms with Crippen molar-refractivity contribution in [3.05, 3.63) is 71.8 Å². The van der Waals surface area contributed by atoms with Crippen LogP contribution in [-0.2, 0) is 6.42 Å². The average molecular weight is 475 g/mol. The molecule has 4 rings (SSSR count). The van der Waals surface area contributed by atoms with Crippen molar-refractivity contribution in [3.63, 3.8) is 0 Å². The van der Waals surface area contributed by atoms with Gasteiger partial charge in [0.25, 0.3) is 0 Å². The standard InChI is InChI=1S/C34H47F/c1-2-3-4-5-8-27-10-14-29(15-11-27)31-18-22-33(23-19-31)34-24-20-32(21-25-34)30-16-12-28(13-17-30)9-6-7-26-35/h2-3,12-13,16-17,20-21,24-25,27,29,31,33H,4-11,14-15,18-19,22-23,26H2,1H3/b3-2+/t27-,29-,31?,33?. The molecule has 0 nitrogen and oxygen atoms in total. The van der Waals surface area contributed by atoms with Crippen molar-refractivity contribution in [2.75, 3.05) is 6.67 Å². The Kier molecular flexibility index (Phi) is 10.5. The molecule has 190 valence electrons. The first kappa shape index (κ1) is 26.2. The van der Waals surface area contributed by atoms with Crippen LogP contribution in [0.4, 0.5) is 4.39 Å². The maximum absolute atomic E-state index is 12.3. The molecule has 1 heteroatoms. The van der Waals surface area contributed by atoms with E-state index in [0.717, 1.165) is 36.5 Å². The third kappa shape index (κ3) is 7.80. The van der Waals surface area contributed by atoms with Gasteiger partial charge in [-0.05, 0) is 123 Å². The Labute approximate surface area is 214 Å². The zero-order valence-electron chi connectivity index (χ0n) is 22.1. The normalized spacial score (nSPS) is 25.2. The molecule has 0 saturated heterocycles. The topological polar surface area (TPSA) is 0 Å². The Hall–Kier alpha value is -1.89. The highest BCUT2D eigenvalue weighted by Gasteiger charge is 2.31. The minimum Gasteiger partial charge on any atom is -0.251 e. The molecule has 0 bridgehead atoms. The van der Waals surface area contributed by atoms with Gasteiger partial charge in [-0.2, -0.15) is 0 Å². The number of hydrogen-bond acceptors (Lipinski definition) is 0. The highest BCUT2D eigenvalue weighted by atomic mass is 19.1. The van der Waals surface area contributed by atoms with Gasteiger partial charge in [0.1, 0.15) is 0 Å². The van der Waals surface area contributed by atoms with Crippen LogP contribution >= 0.6 is 0 Å². The number of rotatable bonds is 11.